The van der Waals surface area contributed by atoms with Crippen molar-refractivity contribution in [1.29, 1.82) is 0 Å². The molecule has 1 aromatic heterocycles. The van der Waals surface area contributed by atoms with E-state index in [4.69, 9.17) is 4.74 Å². The fourth-order valence-electron chi connectivity index (χ4n) is 2.08. The number of hydrogen-bond acceptors (Lipinski definition) is 4. The van der Waals surface area contributed by atoms with E-state index in [1.807, 2.05) is 0 Å². The summed E-state index contributed by atoms with van der Waals surface area (Å²) in [4.78, 5) is 2.36. The number of nitrogens with one attached hydrogen (secondary N) is 1. The Balaban J connectivity index is 1.68. The fraction of sp³-hybridized carbons (Fsp3) is 0.286. The van der Waals surface area contributed by atoms with Crippen molar-refractivity contribution in [3.63, 3.8) is 0 Å². The zero-order chi connectivity index (χ0) is 12.2. The molecule has 2 heterocycles. The number of hydrogen-bond donors (Lipinski definition) is 1. The molecule has 4 heteroatoms. The molecule has 0 amide bonds. The SMILES string of the molecule is c1cc(Nc2ccc(N3CCOCC3)cc2)cs1. The third-order valence-corrected chi connectivity index (χ3v) is 3.74. The highest BCUT2D eigenvalue weighted by Crippen LogP contribution is 2.22. The summed E-state index contributed by atoms with van der Waals surface area (Å²) in [5.41, 5.74) is 3.55. The number of ether oxygens (including phenoxy) is 1. The Hall–Kier alpha value is -1.52. The van der Waals surface area contributed by atoms with Gasteiger partial charge in [-0.15, -0.1) is 0 Å². The molecule has 0 spiro atoms. The summed E-state index contributed by atoms with van der Waals surface area (Å²) in [6, 6.07) is 10.7. The van der Waals surface area contributed by atoms with Crippen LogP contribution in [0.2, 0.25) is 0 Å². The molecule has 3 rings (SSSR count). The Morgan fingerprint density at radius 1 is 1.00 bits per heavy atom. The van der Waals surface area contributed by atoms with E-state index < -0.39 is 0 Å². The van der Waals surface area contributed by atoms with Gasteiger partial charge in [-0.05, 0) is 35.7 Å². The van der Waals surface area contributed by atoms with Gasteiger partial charge in [0.05, 0.1) is 13.2 Å². The van der Waals surface area contributed by atoms with Gasteiger partial charge in [0.15, 0.2) is 0 Å². The van der Waals surface area contributed by atoms with Gasteiger partial charge < -0.3 is 15.0 Å². The molecule has 0 atom stereocenters. The standard InChI is InChI=1S/C14H16N2OS/c1-3-14(16-6-8-17-9-7-16)4-2-12(1)15-13-5-10-18-11-13/h1-5,10-11,15H,6-9H2. The van der Waals surface area contributed by atoms with Gasteiger partial charge in [0.1, 0.15) is 0 Å². The number of anilines is 3. The van der Waals surface area contributed by atoms with Crippen molar-refractivity contribution in [3.05, 3.63) is 41.1 Å². The van der Waals surface area contributed by atoms with Crippen LogP contribution in [0.25, 0.3) is 0 Å². The van der Waals surface area contributed by atoms with E-state index in [0.29, 0.717) is 0 Å². The van der Waals surface area contributed by atoms with Crippen LogP contribution >= 0.6 is 11.3 Å². The first-order valence-corrected chi connectivity index (χ1v) is 7.08. The van der Waals surface area contributed by atoms with Crippen LogP contribution < -0.4 is 10.2 Å². The Bertz CT molecular complexity index is 475. The van der Waals surface area contributed by atoms with Crippen molar-refractivity contribution in [2.75, 3.05) is 36.5 Å². The van der Waals surface area contributed by atoms with Crippen LogP contribution in [0.5, 0.6) is 0 Å². The lowest BCUT2D eigenvalue weighted by molar-refractivity contribution is 0.122. The summed E-state index contributed by atoms with van der Waals surface area (Å²) >= 11 is 1.70. The lowest BCUT2D eigenvalue weighted by Crippen LogP contribution is -2.36. The number of benzene rings is 1. The monoisotopic (exact) mass is 260 g/mol. The molecule has 18 heavy (non-hydrogen) atoms. The highest BCUT2D eigenvalue weighted by Gasteiger charge is 2.10. The lowest BCUT2D eigenvalue weighted by atomic mass is 10.2. The zero-order valence-electron chi connectivity index (χ0n) is 10.1. The maximum absolute atomic E-state index is 5.36. The summed E-state index contributed by atoms with van der Waals surface area (Å²) in [6.07, 6.45) is 0. The van der Waals surface area contributed by atoms with Crippen LogP contribution in [-0.2, 0) is 4.74 Å². The maximum atomic E-state index is 5.36. The summed E-state index contributed by atoms with van der Waals surface area (Å²) in [5, 5.41) is 7.56. The molecule has 3 nitrogen and oxygen atoms in total. The molecule has 0 aliphatic carbocycles. The van der Waals surface area contributed by atoms with Crippen LogP contribution in [0.1, 0.15) is 0 Å². The van der Waals surface area contributed by atoms with E-state index in [-0.39, 0.29) is 0 Å². The van der Waals surface area contributed by atoms with Crippen molar-refractivity contribution in [1.82, 2.24) is 0 Å². The van der Waals surface area contributed by atoms with E-state index in [0.717, 1.165) is 37.7 Å². The van der Waals surface area contributed by atoms with Gasteiger partial charge in [-0.3, -0.25) is 0 Å². The molecule has 1 N–H and O–H groups in total. The predicted molar refractivity (Wildman–Crippen MR) is 77.1 cm³/mol. The van der Waals surface area contributed by atoms with Crippen LogP contribution in [0, 0.1) is 0 Å². The van der Waals surface area contributed by atoms with Crippen LogP contribution in [0.15, 0.2) is 41.1 Å². The fourth-order valence-corrected chi connectivity index (χ4v) is 2.67. The van der Waals surface area contributed by atoms with Crippen LogP contribution in [0.4, 0.5) is 17.1 Å². The van der Waals surface area contributed by atoms with E-state index in [1.165, 1.54) is 5.69 Å². The number of morpholine rings is 1. The minimum absolute atomic E-state index is 0.828. The van der Waals surface area contributed by atoms with Gasteiger partial charge in [-0.1, -0.05) is 0 Å². The van der Waals surface area contributed by atoms with E-state index in [2.05, 4.69) is 51.3 Å². The van der Waals surface area contributed by atoms with Gasteiger partial charge in [0, 0.05) is 35.5 Å². The molecule has 0 bridgehead atoms. The second-order valence-electron chi connectivity index (χ2n) is 4.28. The van der Waals surface area contributed by atoms with Crippen LogP contribution in [0.3, 0.4) is 0 Å². The Labute approximate surface area is 111 Å². The second-order valence-corrected chi connectivity index (χ2v) is 5.06. The molecule has 2 aromatic rings. The number of nitrogens with zero attached hydrogens (tertiary/aromatic N) is 1. The smallest absolute Gasteiger partial charge is 0.0642 e. The third-order valence-electron chi connectivity index (χ3n) is 3.05. The maximum Gasteiger partial charge on any atom is 0.0642 e. The average Bonchev–Trinajstić information content (AvgIpc) is 2.94. The van der Waals surface area contributed by atoms with Gasteiger partial charge in [-0.25, -0.2) is 0 Å². The molecule has 0 saturated carbocycles. The van der Waals surface area contributed by atoms with Crippen molar-refractivity contribution < 1.29 is 4.74 Å². The lowest BCUT2D eigenvalue weighted by Gasteiger charge is -2.28. The molecular formula is C14H16N2OS. The molecule has 0 radical (unpaired) electrons. The van der Waals surface area contributed by atoms with Crippen molar-refractivity contribution >= 4 is 28.4 Å². The first kappa shape index (κ1) is 11.6. The first-order valence-electron chi connectivity index (χ1n) is 6.14. The molecule has 94 valence electrons. The number of thiophene rings is 1. The van der Waals surface area contributed by atoms with Gasteiger partial charge in [0.25, 0.3) is 0 Å². The summed E-state index contributed by atoms with van der Waals surface area (Å²) in [6.45, 7) is 3.62. The Morgan fingerprint density at radius 2 is 1.78 bits per heavy atom. The molecule has 1 saturated heterocycles. The summed E-state index contributed by atoms with van der Waals surface area (Å²) < 4.78 is 5.36. The Kier molecular flexibility index (Phi) is 3.48. The molecular weight excluding hydrogens is 244 g/mol. The summed E-state index contributed by atoms with van der Waals surface area (Å²) in [7, 11) is 0. The van der Waals surface area contributed by atoms with E-state index in [9.17, 15) is 0 Å². The van der Waals surface area contributed by atoms with Gasteiger partial charge >= 0.3 is 0 Å². The van der Waals surface area contributed by atoms with Crippen molar-refractivity contribution in [2.45, 2.75) is 0 Å². The van der Waals surface area contributed by atoms with Crippen molar-refractivity contribution in [3.8, 4) is 0 Å². The molecule has 1 aliphatic heterocycles. The van der Waals surface area contributed by atoms with Crippen LogP contribution in [-0.4, -0.2) is 26.3 Å². The summed E-state index contributed by atoms with van der Waals surface area (Å²) in [5.74, 6) is 0. The van der Waals surface area contributed by atoms with Gasteiger partial charge in [-0.2, -0.15) is 11.3 Å². The zero-order valence-corrected chi connectivity index (χ0v) is 11.0. The second kappa shape index (κ2) is 5.42. The molecule has 1 fully saturated rings. The van der Waals surface area contributed by atoms with E-state index in [1.54, 1.807) is 11.3 Å². The first-order chi connectivity index (χ1) is 8.92. The normalized spacial score (nSPS) is 15.7. The predicted octanol–water partition coefficient (Wildman–Crippen LogP) is 3.33. The van der Waals surface area contributed by atoms with Gasteiger partial charge in [0.2, 0.25) is 0 Å². The minimum atomic E-state index is 0.828. The highest BCUT2D eigenvalue weighted by molar-refractivity contribution is 7.08. The average molecular weight is 260 g/mol. The van der Waals surface area contributed by atoms with Crippen molar-refractivity contribution in [2.24, 2.45) is 0 Å². The molecule has 1 aliphatic rings. The molecule has 0 unspecified atom stereocenters. The Morgan fingerprint density at radius 3 is 2.44 bits per heavy atom. The quantitative estimate of drug-likeness (QED) is 0.916. The third kappa shape index (κ3) is 2.66. The number of rotatable bonds is 3. The largest absolute Gasteiger partial charge is 0.378 e. The topological polar surface area (TPSA) is 24.5 Å². The van der Waals surface area contributed by atoms with E-state index >= 15 is 0 Å². The highest BCUT2D eigenvalue weighted by atomic mass is 32.1. The minimum Gasteiger partial charge on any atom is -0.378 e. The molecule has 1 aromatic carbocycles.